The van der Waals surface area contributed by atoms with E-state index in [2.05, 4.69) is 27.4 Å². The molecular formula is C14H18O. The molecule has 0 amide bonds. The molecule has 1 heteroatoms. The lowest BCUT2D eigenvalue weighted by Gasteiger charge is -2.18. The Balaban J connectivity index is 2.90. The first-order valence-corrected chi connectivity index (χ1v) is 5.20. The first kappa shape index (κ1) is 11.7. The maximum atomic E-state index is 11.5. The molecule has 0 saturated heterocycles. The number of carbonyl (C=O) groups excluding carboxylic acids is 1. The second-order valence-corrected chi connectivity index (χ2v) is 4.74. The summed E-state index contributed by atoms with van der Waals surface area (Å²) >= 11 is 0. The van der Waals surface area contributed by atoms with Gasteiger partial charge in [-0.05, 0) is 11.0 Å². The average Bonchev–Trinajstić information content (AvgIpc) is 2.17. The highest BCUT2D eigenvalue weighted by Gasteiger charge is 2.13. The molecule has 0 N–H and O–H groups in total. The summed E-state index contributed by atoms with van der Waals surface area (Å²) in [6.45, 7) is 10.0. The number of ketones is 1. The number of carbonyl (C=O) groups is 1. The molecule has 1 aromatic rings. The van der Waals surface area contributed by atoms with E-state index in [0.29, 0.717) is 6.42 Å². The van der Waals surface area contributed by atoms with Gasteiger partial charge in [-0.1, -0.05) is 51.1 Å². The van der Waals surface area contributed by atoms with Crippen molar-refractivity contribution in [3.63, 3.8) is 0 Å². The summed E-state index contributed by atoms with van der Waals surface area (Å²) in [6.07, 6.45) is 2.05. The highest BCUT2D eigenvalue weighted by molar-refractivity contribution is 5.96. The Hall–Kier alpha value is -1.37. The largest absolute Gasteiger partial charge is 0.294 e. The van der Waals surface area contributed by atoms with Gasteiger partial charge < -0.3 is 0 Å². The number of rotatable bonds is 3. The first-order chi connectivity index (χ1) is 6.95. The van der Waals surface area contributed by atoms with Crippen LogP contribution in [0.4, 0.5) is 0 Å². The molecule has 1 rings (SSSR count). The fourth-order valence-corrected chi connectivity index (χ4v) is 1.41. The maximum Gasteiger partial charge on any atom is 0.166 e. The van der Waals surface area contributed by atoms with Crippen LogP contribution < -0.4 is 0 Å². The van der Waals surface area contributed by atoms with E-state index >= 15 is 0 Å². The van der Waals surface area contributed by atoms with Gasteiger partial charge in [0.15, 0.2) is 5.78 Å². The van der Waals surface area contributed by atoms with Crippen LogP contribution >= 0.6 is 0 Å². The zero-order valence-corrected chi connectivity index (χ0v) is 9.71. The molecule has 0 aromatic heterocycles. The van der Waals surface area contributed by atoms with Crippen molar-refractivity contribution in [2.75, 3.05) is 0 Å². The zero-order chi connectivity index (χ0) is 11.5. The standard InChI is InChI=1S/C14H18O/c1-5-6-13(15)11-7-9-12(10-8-11)14(2,3)4/h5,7-10H,1,6H2,2-4H3. The Morgan fingerprint density at radius 2 is 1.80 bits per heavy atom. The Labute approximate surface area is 91.8 Å². The third-order valence-electron chi connectivity index (χ3n) is 2.40. The molecule has 0 radical (unpaired) electrons. The average molecular weight is 202 g/mol. The van der Waals surface area contributed by atoms with Crippen LogP contribution in [0.3, 0.4) is 0 Å². The van der Waals surface area contributed by atoms with E-state index in [1.165, 1.54) is 5.56 Å². The van der Waals surface area contributed by atoms with E-state index < -0.39 is 0 Å². The van der Waals surface area contributed by atoms with Crippen molar-refractivity contribution in [2.24, 2.45) is 0 Å². The quantitative estimate of drug-likeness (QED) is 0.539. The van der Waals surface area contributed by atoms with Crippen molar-refractivity contribution in [1.29, 1.82) is 0 Å². The van der Waals surface area contributed by atoms with E-state index in [0.717, 1.165) is 5.56 Å². The summed E-state index contributed by atoms with van der Waals surface area (Å²) in [5.74, 6) is 0.130. The van der Waals surface area contributed by atoms with Crippen molar-refractivity contribution in [3.05, 3.63) is 48.0 Å². The highest BCUT2D eigenvalue weighted by Crippen LogP contribution is 2.22. The zero-order valence-electron chi connectivity index (χ0n) is 9.71. The minimum Gasteiger partial charge on any atom is -0.294 e. The van der Waals surface area contributed by atoms with Crippen LogP contribution in [0.2, 0.25) is 0 Å². The number of hydrogen-bond donors (Lipinski definition) is 0. The summed E-state index contributed by atoms with van der Waals surface area (Å²) < 4.78 is 0. The molecule has 80 valence electrons. The Kier molecular flexibility index (Phi) is 3.46. The van der Waals surface area contributed by atoms with Gasteiger partial charge in [0, 0.05) is 12.0 Å². The Morgan fingerprint density at radius 3 is 2.20 bits per heavy atom. The van der Waals surface area contributed by atoms with Gasteiger partial charge in [-0.3, -0.25) is 4.79 Å². The smallest absolute Gasteiger partial charge is 0.166 e. The van der Waals surface area contributed by atoms with Gasteiger partial charge in [-0.15, -0.1) is 6.58 Å². The minimum atomic E-state index is 0.130. The van der Waals surface area contributed by atoms with E-state index in [1.54, 1.807) is 6.08 Å². The SMILES string of the molecule is C=CCC(=O)c1ccc(C(C)(C)C)cc1. The molecule has 0 aliphatic carbocycles. The van der Waals surface area contributed by atoms with Crippen molar-refractivity contribution in [2.45, 2.75) is 32.6 Å². The molecule has 15 heavy (non-hydrogen) atoms. The number of allylic oxidation sites excluding steroid dienone is 1. The second-order valence-electron chi connectivity index (χ2n) is 4.74. The molecule has 0 bridgehead atoms. The van der Waals surface area contributed by atoms with Crippen molar-refractivity contribution in [1.82, 2.24) is 0 Å². The number of hydrogen-bond acceptors (Lipinski definition) is 1. The molecule has 1 aromatic carbocycles. The normalized spacial score (nSPS) is 11.1. The third kappa shape index (κ3) is 3.05. The molecule has 0 aliphatic rings. The summed E-state index contributed by atoms with van der Waals surface area (Å²) in [4.78, 5) is 11.5. The lowest BCUT2D eigenvalue weighted by molar-refractivity contribution is 0.0996. The Morgan fingerprint density at radius 1 is 1.27 bits per heavy atom. The van der Waals surface area contributed by atoms with Crippen LogP contribution in [-0.4, -0.2) is 5.78 Å². The molecule has 0 saturated carbocycles. The summed E-state index contributed by atoms with van der Waals surface area (Å²) in [5.41, 5.74) is 2.15. The van der Waals surface area contributed by atoms with Crippen LogP contribution in [0.1, 0.15) is 43.1 Å². The van der Waals surface area contributed by atoms with Gasteiger partial charge in [0.2, 0.25) is 0 Å². The molecule has 0 aliphatic heterocycles. The number of Topliss-reactive ketones (excluding diaryl/α,β-unsaturated/α-hetero) is 1. The van der Waals surface area contributed by atoms with Crippen LogP contribution in [0, 0.1) is 0 Å². The molecule has 0 fully saturated rings. The van der Waals surface area contributed by atoms with E-state index in [9.17, 15) is 4.79 Å². The van der Waals surface area contributed by atoms with Crippen LogP contribution in [0.5, 0.6) is 0 Å². The van der Waals surface area contributed by atoms with Gasteiger partial charge in [0.05, 0.1) is 0 Å². The fraction of sp³-hybridized carbons (Fsp3) is 0.357. The lowest BCUT2D eigenvalue weighted by Crippen LogP contribution is -2.11. The molecular weight excluding hydrogens is 184 g/mol. The van der Waals surface area contributed by atoms with E-state index in [-0.39, 0.29) is 11.2 Å². The molecule has 0 unspecified atom stereocenters. The van der Waals surface area contributed by atoms with Crippen LogP contribution in [0.25, 0.3) is 0 Å². The molecule has 0 atom stereocenters. The molecule has 0 spiro atoms. The van der Waals surface area contributed by atoms with Crippen LogP contribution in [-0.2, 0) is 5.41 Å². The van der Waals surface area contributed by atoms with Crippen LogP contribution in [0.15, 0.2) is 36.9 Å². The summed E-state index contributed by atoms with van der Waals surface area (Å²) in [7, 11) is 0. The third-order valence-corrected chi connectivity index (χ3v) is 2.40. The molecule has 0 heterocycles. The fourth-order valence-electron chi connectivity index (χ4n) is 1.41. The van der Waals surface area contributed by atoms with Crippen molar-refractivity contribution >= 4 is 5.78 Å². The van der Waals surface area contributed by atoms with Gasteiger partial charge in [-0.25, -0.2) is 0 Å². The predicted octanol–water partition coefficient (Wildman–Crippen LogP) is 3.74. The number of benzene rings is 1. The summed E-state index contributed by atoms with van der Waals surface area (Å²) in [6, 6.07) is 7.84. The van der Waals surface area contributed by atoms with E-state index in [1.807, 2.05) is 24.3 Å². The monoisotopic (exact) mass is 202 g/mol. The molecule has 1 nitrogen and oxygen atoms in total. The van der Waals surface area contributed by atoms with Crippen molar-refractivity contribution in [3.8, 4) is 0 Å². The van der Waals surface area contributed by atoms with Gasteiger partial charge in [-0.2, -0.15) is 0 Å². The Bertz CT molecular complexity index is 352. The van der Waals surface area contributed by atoms with Gasteiger partial charge >= 0.3 is 0 Å². The highest BCUT2D eigenvalue weighted by atomic mass is 16.1. The summed E-state index contributed by atoms with van der Waals surface area (Å²) in [5, 5.41) is 0. The topological polar surface area (TPSA) is 17.1 Å². The maximum absolute atomic E-state index is 11.5. The predicted molar refractivity (Wildman–Crippen MR) is 64.3 cm³/mol. The first-order valence-electron chi connectivity index (χ1n) is 5.20. The van der Waals surface area contributed by atoms with E-state index in [4.69, 9.17) is 0 Å². The van der Waals surface area contributed by atoms with Gasteiger partial charge in [0.25, 0.3) is 0 Å². The van der Waals surface area contributed by atoms with Crippen molar-refractivity contribution < 1.29 is 4.79 Å². The second kappa shape index (κ2) is 4.43. The lowest BCUT2D eigenvalue weighted by atomic mass is 9.86. The minimum absolute atomic E-state index is 0.130. The van der Waals surface area contributed by atoms with Gasteiger partial charge in [0.1, 0.15) is 0 Å².